The molecule has 1 aliphatic carbocycles. The number of nitrogens with zero attached hydrogens (tertiary/aromatic N) is 1. The fraction of sp³-hybridized carbons (Fsp3) is 0.400. The molecule has 0 radical (unpaired) electrons. The summed E-state index contributed by atoms with van der Waals surface area (Å²) in [7, 11) is 2.19. The number of alkyl halides is 1. The van der Waals surface area contributed by atoms with Crippen molar-refractivity contribution in [3.05, 3.63) is 47.0 Å². The second kappa shape index (κ2) is 6.30. The first-order valence-electron chi connectivity index (χ1n) is 8.56. The number of hydrogen-bond acceptors (Lipinski definition) is 3. The number of phenolic OH excluding ortho intramolecular Hbond substituents is 1. The summed E-state index contributed by atoms with van der Waals surface area (Å²) in [5, 5.41) is 10.8. The fourth-order valence-electron chi connectivity index (χ4n) is 4.02. The zero-order valence-electron chi connectivity index (χ0n) is 13.9. The largest absolute Gasteiger partial charge is 0.504 e. The van der Waals surface area contributed by atoms with Crippen LogP contribution in [0.25, 0.3) is 11.1 Å². The second-order valence-corrected chi connectivity index (χ2v) is 7.04. The number of rotatable bonds is 4. The third-order valence-corrected chi connectivity index (χ3v) is 5.51. The molecule has 0 spiro atoms. The molecule has 24 heavy (non-hydrogen) atoms. The molecule has 4 heteroatoms. The molecular weight excluding hydrogens is 322 g/mol. The molecule has 0 aromatic heterocycles. The van der Waals surface area contributed by atoms with Crippen LogP contribution in [-0.4, -0.2) is 36.1 Å². The summed E-state index contributed by atoms with van der Waals surface area (Å²) in [6.07, 6.45) is 2.77. The molecule has 1 N–H and O–H groups in total. The van der Waals surface area contributed by atoms with E-state index < -0.39 is 0 Å². The number of phenols is 1. The highest BCUT2D eigenvalue weighted by molar-refractivity contribution is 6.17. The van der Waals surface area contributed by atoms with Gasteiger partial charge < -0.3 is 9.84 Å². The third kappa shape index (κ3) is 2.47. The van der Waals surface area contributed by atoms with Gasteiger partial charge in [-0.1, -0.05) is 24.3 Å². The van der Waals surface area contributed by atoms with E-state index in [-0.39, 0.29) is 5.75 Å². The Hall–Kier alpha value is -1.71. The second-order valence-electron chi connectivity index (χ2n) is 6.67. The third-order valence-electron chi connectivity index (χ3n) is 5.24. The van der Waals surface area contributed by atoms with Crippen LogP contribution in [0, 0.1) is 0 Å². The smallest absolute Gasteiger partial charge is 0.165 e. The van der Waals surface area contributed by atoms with Crippen molar-refractivity contribution in [1.82, 2.24) is 4.90 Å². The maximum absolute atomic E-state index is 10.8. The van der Waals surface area contributed by atoms with E-state index in [9.17, 15) is 5.11 Å². The minimum absolute atomic E-state index is 0.266. The van der Waals surface area contributed by atoms with Gasteiger partial charge in [-0.05, 0) is 54.6 Å². The standard InChI is InChI=1S/C20H22ClNO2/c1-22-10-8-13-4-2-5-15-18(13)16(22)12-14-6-7-17(20(23)19(14)15)24-11-3-9-21/h2,4-7,16,23H,3,8-12H2,1H3/t16-/m1/s1. The van der Waals surface area contributed by atoms with Crippen LogP contribution in [0.3, 0.4) is 0 Å². The van der Waals surface area contributed by atoms with Gasteiger partial charge in [-0.3, -0.25) is 4.90 Å². The molecule has 0 fully saturated rings. The van der Waals surface area contributed by atoms with Gasteiger partial charge in [-0.2, -0.15) is 0 Å². The van der Waals surface area contributed by atoms with Crippen molar-refractivity contribution >= 4 is 11.6 Å². The number of fused-ring (bicyclic) bond motifs is 2. The Morgan fingerprint density at radius 2 is 2.12 bits per heavy atom. The van der Waals surface area contributed by atoms with Gasteiger partial charge in [0.1, 0.15) is 0 Å². The van der Waals surface area contributed by atoms with Crippen molar-refractivity contribution in [3.63, 3.8) is 0 Å². The van der Waals surface area contributed by atoms with Gasteiger partial charge >= 0.3 is 0 Å². The van der Waals surface area contributed by atoms with Gasteiger partial charge in [0, 0.05) is 24.0 Å². The van der Waals surface area contributed by atoms with Crippen molar-refractivity contribution in [1.29, 1.82) is 0 Å². The fourth-order valence-corrected chi connectivity index (χ4v) is 4.13. The number of benzene rings is 2. The number of likely N-dealkylation sites (N-methyl/N-ethyl adjacent to an activating group) is 1. The summed E-state index contributed by atoms with van der Waals surface area (Å²) in [6, 6.07) is 10.8. The molecule has 3 nitrogen and oxygen atoms in total. The van der Waals surface area contributed by atoms with Crippen LogP contribution in [-0.2, 0) is 12.8 Å². The van der Waals surface area contributed by atoms with E-state index in [0.717, 1.165) is 36.9 Å². The van der Waals surface area contributed by atoms with E-state index in [0.29, 0.717) is 24.3 Å². The first-order chi connectivity index (χ1) is 11.7. The first kappa shape index (κ1) is 15.8. The van der Waals surface area contributed by atoms with Crippen LogP contribution in [0.1, 0.15) is 29.2 Å². The van der Waals surface area contributed by atoms with Gasteiger partial charge in [0.2, 0.25) is 0 Å². The molecular formula is C20H22ClNO2. The number of hydrogen-bond donors (Lipinski definition) is 1. The highest BCUT2D eigenvalue weighted by Crippen LogP contribution is 2.50. The van der Waals surface area contributed by atoms with Crippen LogP contribution in [0.15, 0.2) is 30.3 Å². The Balaban J connectivity index is 1.82. The average molecular weight is 344 g/mol. The van der Waals surface area contributed by atoms with E-state index in [1.54, 1.807) is 0 Å². The summed E-state index contributed by atoms with van der Waals surface area (Å²) in [5.74, 6) is 1.38. The molecule has 0 amide bonds. The lowest BCUT2D eigenvalue weighted by Gasteiger charge is -2.40. The SMILES string of the molecule is CN1CCc2cccc3c2[C@H]1Cc1ccc(OCCCCl)c(O)c1-3. The van der Waals surface area contributed by atoms with Gasteiger partial charge in [-0.15, -0.1) is 11.6 Å². The molecule has 2 aliphatic rings. The zero-order valence-corrected chi connectivity index (χ0v) is 14.6. The summed E-state index contributed by atoms with van der Waals surface area (Å²) in [6.45, 7) is 1.61. The van der Waals surface area contributed by atoms with Crippen LogP contribution < -0.4 is 4.74 Å². The lowest BCUT2D eigenvalue weighted by molar-refractivity contribution is 0.227. The van der Waals surface area contributed by atoms with E-state index >= 15 is 0 Å². The van der Waals surface area contributed by atoms with Crippen molar-refractivity contribution in [3.8, 4) is 22.6 Å². The Morgan fingerprint density at radius 3 is 2.96 bits per heavy atom. The summed E-state index contributed by atoms with van der Waals surface area (Å²) < 4.78 is 5.73. The van der Waals surface area contributed by atoms with E-state index in [1.165, 1.54) is 16.7 Å². The van der Waals surface area contributed by atoms with Gasteiger partial charge in [0.25, 0.3) is 0 Å². The van der Waals surface area contributed by atoms with Crippen LogP contribution in [0.2, 0.25) is 0 Å². The van der Waals surface area contributed by atoms with Crippen molar-refractivity contribution < 1.29 is 9.84 Å². The van der Waals surface area contributed by atoms with Crippen LogP contribution in [0.4, 0.5) is 0 Å². The molecule has 1 heterocycles. The van der Waals surface area contributed by atoms with Crippen LogP contribution >= 0.6 is 11.6 Å². The van der Waals surface area contributed by atoms with Gasteiger partial charge in [0.05, 0.1) is 6.61 Å². The highest BCUT2D eigenvalue weighted by atomic mass is 35.5. The Labute approximate surface area is 147 Å². The predicted molar refractivity (Wildman–Crippen MR) is 97.2 cm³/mol. The van der Waals surface area contributed by atoms with Crippen LogP contribution in [0.5, 0.6) is 11.5 Å². The minimum Gasteiger partial charge on any atom is -0.504 e. The quantitative estimate of drug-likeness (QED) is 0.668. The molecule has 1 atom stereocenters. The molecule has 0 saturated carbocycles. The first-order valence-corrected chi connectivity index (χ1v) is 9.10. The normalized spacial score (nSPS) is 18.8. The van der Waals surface area contributed by atoms with E-state index in [4.69, 9.17) is 16.3 Å². The molecule has 0 bridgehead atoms. The average Bonchev–Trinajstić information content (AvgIpc) is 2.60. The molecule has 0 saturated heterocycles. The molecule has 2 aromatic carbocycles. The topological polar surface area (TPSA) is 32.7 Å². The molecule has 1 aliphatic heterocycles. The Morgan fingerprint density at radius 1 is 1.25 bits per heavy atom. The van der Waals surface area contributed by atoms with Crippen molar-refractivity contribution in [2.75, 3.05) is 26.1 Å². The maximum atomic E-state index is 10.8. The summed E-state index contributed by atoms with van der Waals surface area (Å²) >= 11 is 5.71. The number of halogens is 1. The zero-order chi connectivity index (χ0) is 16.7. The summed E-state index contributed by atoms with van der Waals surface area (Å²) in [4.78, 5) is 2.43. The monoisotopic (exact) mass is 343 g/mol. The molecule has 0 unspecified atom stereocenters. The number of aromatic hydroxyl groups is 1. The Bertz CT molecular complexity index is 774. The minimum atomic E-state index is 0.266. The molecule has 126 valence electrons. The Kier molecular flexibility index (Phi) is 4.15. The van der Waals surface area contributed by atoms with Crippen molar-refractivity contribution in [2.24, 2.45) is 0 Å². The highest BCUT2D eigenvalue weighted by Gasteiger charge is 2.34. The number of ether oxygens (including phenoxy) is 1. The lowest BCUT2D eigenvalue weighted by Crippen LogP contribution is -2.35. The predicted octanol–water partition coefficient (Wildman–Crippen LogP) is 4.15. The molecule has 2 aromatic rings. The van der Waals surface area contributed by atoms with Gasteiger partial charge in [0.15, 0.2) is 11.5 Å². The van der Waals surface area contributed by atoms with E-state index in [1.807, 2.05) is 6.07 Å². The van der Waals surface area contributed by atoms with Crippen molar-refractivity contribution in [2.45, 2.75) is 25.3 Å². The summed E-state index contributed by atoms with van der Waals surface area (Å²) in [5.41, 5.74) is 6.09. The lowest BCUT2D eigenvalue weighted by atomic mass is 9.77. The maximum Gasteiger partial charge on any atom is 0.165 e. The van der Waals surface area contributed by atoms with E-state index in [2.05, 4.69) is 36.2 Å². The van der Waals surface area contributed by atoms with Gasteiger partial charge in [-0.25, -0.2) is 0 Å². The molecule has 4 rings (SSSR count).